The smallest absolute Gasteiger partial charge is 0.131 e. The SMILES string of the molecule is N[C@H]1CCCC[C@@H]1c1cc2nc(Cl)cc(NCc3cccs3)c2s1. The van der Waals surface area contributed by atoms with Crippen LogP contribution in [0.5, 0.6) is 0 Å². The highest BCUT2D eigenvalue weighted by molar-refractivity contribution is 7.19. The van der Waals surface area contributed by atoms with Gasteiger partial charge < -0.3 is 11.1 Å². The molecule has 0 aliphatic heterocycles. The molecule has 126 valence electrons. The van der Waals surface area contributed by atoms with Crippen molar-refractivity contribution in [3.8, 4) is 0 Å². The van der Waals surface area contributed by atoms with Crippen LogP contribution in [0.1, 0.15) is 41.4 Å². The minimum atomic E-state index is 0.268. The average Bonchev–Trinajstić information content (AvgIpc) is 3.22. The van der Waals surface area contributed by atoms with Crippen LogP contribution in [0.3, 0.4) is 0 Å². The maximum absolute atomic E-state index is 6.37. The Morgan fingerprint density at radius 1 is 1.29 bits per heavy atom. The van der Waals surface area contributed by atoms with Gasteiger partial charge in [0, 0.05) is 34.3 Å². The normalized spacial score (nSPS) is 21.2. The van der Waals surface area contributed by atoms with Crippen LogP contribution in [-0.4, -0.2) is 11.0 Å². The number of aromatic nitrogens is 1. The molecule has 24 heavy (non-hydrogen) atoms. The molecule has 3 heterocycles. The lowest BCUT2D eigenvalue weighted by molar-refractivity contribution is 0.389. The van der Waals surface area contributed by atoms with Gasteiger partial charge in [-0.1, -0.05) is 30.5 Å². The summed E-state index contributed by atoms with van der Waals surface area (Å²) in [4.78, 5) is 7.18. The zero-order valence-electron chi connectivity index (χ0n) is 13.3. The summed E-state index contributed by atoms with van der Waals surface area (Å²) in [7, 11) is 0. The summed E-state index contributed by atoms with van der Waals surface area (Å²) in [6.07, 6.45) is 4.82. The number of anilines is 1. The standard InChI is InChI=1S/C18H20ClN3S2/c19-17-9-14(21-10-11-4-3-7-23-11)18-15(22-17)8-16(24-18)12-5-1-2-6-13(12)20/h3-4,7-9,12-13H,1-2,5-6,10,20H2,(H,21,22)/t12-,13-/m0/s1. The van der Waals surface area contributed by atoms with Crippen molar-refractivity contribution in [2.75, 3.05) is 5.32 Å². The zero-order valence-corrected chi connectivity index (χ0v) is 15.7. The Balaban J connectivity index is 1.66. The van der Waals surface area contributed by atoms with Crippen LogP contribution < -0.4 is 11.1 Å². The molecule has 1 fully saturated rings. The highest BCUT2D eigenvalue weighted by atomic mass is 35.5. The van der Waals surface area contributed by atoms with E-state index in [0.29, 0.717) is 11.1 Å². The van der Waals surface area contributed by atoms with Crippen LogP contribution in [0.15, 0.2) is 29.6 Å². The van der Waals surface area contributed by atoms with Gasteiger partial charge in [-0.05, 0) is 30.4 Å². The number of nitrogens with zero attached hydrogens (tertiary/aromatic N) is 1. The molecule has 0 radical (unpaired) electrons. The van der Waals surface area contributed by atoms with Crippen LogP contribution in [-0.2, 0) is 6.54 Å². The third kappa shape index (κ3) is 3.31. The van der Waals surface area contributed by atoms with E-state index in [0.717, 1.165) is 24.2 Å². The van der Waals surface area contributed by atoms with E-state index in [1.54, 1.807) is 11.3 Å². The van der Waals surface area contributed by atoms with Crippen molar-refractivity contribution in [1.29, 1.82) is 0 Å². The van der Waals surface area contributed by atoms with Gasteiger partial charge in [-0.2, -0.15) is 0 Å². The van der Waals surface area contributed by atoms with E-state index < -0.39 is 0 Å². The van der Waals surface area contributed by atoms with Crippen LogP contribution in [0, 0.1) is 0 Å². The van der Waals surface area contributed by atoms with Crippen LogP contribution >= 0.6 is 34.3 Å². The maximum atomic E-state index is 6.37. The summed E-state index contributed by atoms with van der Waals surface area (Å²) in [5.74, 6) is 0.460. The maximum Gasteiger partial charge on any atom is 0.131 e. The second kappa shape index (κ2) is 7.00. The molecule has 3 nitrogen and oxygen atoms in total. The molecule has 1 aliphatic carbocycles. The number of hydrogen-bond donors (Lipinski definition) is 2. The van der Waals surface area contributed by atoms with Crippen molar-refractivity contribution in [1.82, 2.24) is 4.98 Å². The summed E-state index contributed by atoms with van der Waals surface area (Å²) in [5, 5.41) is 6.16. The van der Waals surface area contributed by atoms with Crippen molar-refractivity contribution in [2.45, 2.75) is 44.2 Å². The zero-order chi connectivity index (χ0) is 16.5. The van der Waals surface area contributed by atoms with E-state index in [2.05, 4.69) is 33.9 Å². The number of rotatable bonds is 4. The first-order valence-corrected chi connectivity index (χ1v) is 10.4. The molecule has 6 heteroatoms. The second-order valence-electron chi connectivity index (χ2n) is 6.34. The largest absolute Gasteiger partial charge is 0.379 e. The van der Waals surface area contributed by atoms with Crippen molar-refractivity contribution in [3.63, 3.8) is 0 Å². The van der Waals surface area contributed by atoms with Crippen LogP contribution in [0.4, 0.5) is 5.69 Å². The molecule has 2 atom stereocenters. The van der Waals surface area contributed by atoms with Gasteiger partial charge in [0.2, 0.25) is 0 Å². The van der Waals surface area contributed by atoms with E-state index in [9.17, 15) is 0 Å². The Morgan fingerprint density at radius 2 is 2.17 bits per heavy atom. The van der Waals surface area contributed by atoms with Gasteiger partial charge in [-0.3, -0.25) is 0 Å². The molecule has 0 amide bonds. The summed E-state index contributed by atoms with van der Waals surface area (Å²) in [6.45, 7) is 0.809. The lowest BCUT2D eigenvalue weighted by Crippen LogP contribution is -2.30. The van der Waals surface area contributed by atoms with Gasteiger partial charge >= 0.3 is 0 Å². The molecule has 3 aromatic rings. The van der Waals surface area contributed by atoms with Crippen LogP contribution in [0.25, 0.3) is 10.2 Å². The van der Waals surface area contributed by atoms with Gasteiger partial charge in [0.25, 0.3) is 0 Å². The third-order valence-electron chi connectivity index (χ3n) is 4.68. The summed E-state index contributed by atoms with van der Waals surface area (Å²) in [6, 6.07) is 8.60. The molecule has 0 bridgehead atoms. The number of fused-ring (bicyclic) bond motifs is 1. The predicted octanol–water partition coefficient (Wildman–Crippen LogP) is 5.61. The number of pyridine rings is 1. The van der Waals surface area contributed by atoms with Gasteiger partial charge in [0.05, 0.1) is 15.9 Å². The number of hydrogen-bond acceptors (Lipinski definition) is 5. The molecule has 4 rings (SSSR count). The quantitative estimate of drug-likeness (QED) is 0.581. The molecule has 3 N–H and O–H groups in total. The summed E-state index contributed by atoms with van der Waals surface area (Å²) in [5.41, 5.74) is 8.42. The Bertz CT molecular complexity index is 828. The molecule has 3 aromatic heterocycles. The predicted molar refractivity (Wildman–Crippen MR) is 105 cm³/mol. The van der Waals surface area contributed by atoms with Gasteiger partial charge in [0.15, 0.2) is 0 Å². The van der Waals surface area contributed by atoms with Crippen molar-refractivity contribution < 1.29 is 0 Å². The van der Waals surface area contributed by atoms with Crippen LogP contribution in [0.2, 0.25) is 5.15 Å². The van der Waals surface area contributed by atoms with E-state index in [4.69, 9.17) is 17.3 Å². The van der Waals surface area contributed by atoms with E-state index in [1.165, 1.54) is 33.7 Å². The molecule has 0 aromatic carbocycles. The van der Waals surface area contributed by atoms with Crippen molar-refractivity contribution in [2.24, 2.45) is 5.73 Å². The number of nitrogens with one attached hydrogen (secondary N) is 1. The number of halogens is 1. The van der Waals surface area contributed by atoms with Gasteiger partial charge in [-0.15, -0.1) is 22.7 Å². The van der Waals surface area contributed by atoms with Gasteiger partial charge in [0.1, 0.15) is 5.15 Å². The molecular formula is C18H20ClN3S2. The number of nitrogens with two attached hydrogens (primary N) is 1. The first kappa shape index (κ1) is 16.3. The van der Waals surface area contributed by atoms with Crippen molar-refractivity contribution in [3.05, 3.63) is 44.6 Å². The second-order valence-corrected chi connectivity index (χ2v) is 8.85. The van der Waals surface area contributed by atoms with E-state index >= 15 is 0 Å². The molecule has 0 unspecified atom stereocenters. The molecule has 0 spiro atoms. The lowest BCUT2D eigenvalue weighted by atomic mass is 9.84. The number of thiophene rings is 2. The Hall–Kier alpha value is -1.14. The topological polar surface area (TPSA) is 50.9 Å². The Kier molecular flexibility index (Phi) is 4.77. The highest BCUT2D eigenvalue weighted by Crippen LogP contribution is 2.41. The average molecular weight is 378 g/mol. The molecular weight excluding hydrogens is 358 g/mol. The van der Waals surface area contributed by atoms with Gasteiger partial charge in [-0.25, -0.2) is 4.98 Å². The summed E-state index contributed by atoms with van der Waals surface area (Å²) >= 11 is 9.82. The third-order valence-corrected chi connectivity index (χ3v) is 7.04. The summed E-state index contributed by atoms with van der Waals surface area (Å²) < 4.78 is 1.18. The van der Waals surface area contributed by atoms with E-state index in [-0.39, 0.29) is 6.04 Å². The Morgan fingerprint density at radius 3 is 2.96 bits per heavy atom. The molecule has 0 saturated heterocycles. The van der Waals surface area contributed by atoms with Crippen molar-refractivity contribution >= 4 is 50.2 Å². The Labute approximate surface area is 154 Å². The molecule has 1 saturated carbocycles. The minimum absolute atomic E-state index is 0.268. The molecule has 1 aliphatic rings. The first-order valence-electron chi connectivity index (χ1n) is 8.32. The fraction of sp³-hybridized carbons (Fsp3) is 0.389. The fourth-order valence-corrected chi connectivity index (χ4v) is 5.58. The minimum Gasteiger partial charge on any atom is -0.379 e. The lowest BCUT2D eigenvalue weighted by Gasteiger charge is -2.27. The highest BCUT2D eigenvalue weighted by Gasteiger charge is 2.25. The monoisotopic (exact) mass is 377 g/mol. The first-order chi connectivity index (χ1) is 11.7. The van der Waals surface area contributed by atoms with E-state index in [1.807, 2.05) is 17.4 Å². The fourth-order valence-electron chi connectivity index (χ4n) is 3.43.